The molecule has 2 aromatic carbocycles. The van der Waals surface area contributed by atoms with E-state index in [0.717, 1.165) is 39.9 Å². The summed E-state index contributed by atoms with van der Waals surface area (Å²) >= 11 is 3.52. The predicted octanol–water partition coefficient (Wildman–Crippen LogP) is 5.89. The maximum atomic E-state index is 13.0. The minimum Gasteiger partial charge on any atom is -0.497 e. The Labute approximate surface area is 163 Å². The third-order valence-corrected chi connectivity index (χ3v) is 4.88. The Balaban J connectivity index is 2.02. The van der Waals surface area contributed by atoms with Gasteiger partial charge in [0.1, 0.15) is 11.4 Å². The van der Waals surface area contributed by atoms with Crippen LogP contribution < -0.4 is 9.64 Å². The summed E-state index contributed by atoms with van der Waals surface area (Å²) < 4.78 is 12.0. The minimum atomic E-state index is -0.547. The lowest BCUT2D eigenvalue weighted by atomic mass is 9.91. The van der Waals surface area contributed by atoms with Gasteiger partial charge < -0.3 is 9.47 Å². The second-order valence-electron chi connectivity index (χ2n) is 7.45. The molecule has 1 amide bonds. The number of ether oxygens (including phenoxy) is 2. The number of carbonyl (C=O) groups is 1. The summed E-state index contributed by atoms with van der Waals surface area (Å²) in [6, 6.07) is 13.9. The molecular formula is C21H24BrNO3. The van der Waals surface area contributed by atoms with Crippen molar-refractivity contribution in [2.24, 2.45) is 0 Å². The fraction of sp³-hybridized carbons (Fsp3) is 0.381. The number of fused-ring (bicyclic) bond motifs is 1. The maximum Gasteiger partial charge on any atom is 0.415 e. The fourth-order valence-corrected chi connectivity index (χ4v) is 3.67. The van der Waals surface area contributed by atoms with E-state index in [0.29, 0.717) is 0 Å². The molecule has 1 unspecified atom stereocenters. The molecule has 138 valence electrons. The number of hydrogen-bond donors (Lipinski definition) is 0. The van der Waals surface area contributed by atoms with E-state index in [1.165, 1.54) is 0 Å². The number of methoxy groups -OCH3 is 1. The van der Waals surface area contributed by atoms with Crippen LogP contribution in [0.2, 0.25) is 0 Å². The number of carbonyl (C=O) groups excluding carboxylic acids is 1. The molecule has 4 nitrogen and oxygen atoms in total. The van der Waals surface area contributed by atoms with Gasteiger partial charge in [0.15, 0.2) is 0 Å². The number of benzene rings is 2. The molecule has 0 saturated heterocycles. The normalized spacial score (nSPS) is 16.8. The molecule has 1 atom stereocenters. The average Bonchev–Trinajstić information content (AvgIpc) is 2.59. The third-order valence-electron chi connectivity index (χ3n) is 4.39. The van der Waals surface area contributed by atoms with E-state index in [1.807, 2.05) is 57.2 Å². The van der Waals surface area contributed by atoms with Crippen molar-refractivity contribution >= 4 is 27.7 Å². The Bertz CT molecular complexity index is 796. The summed E-state index contributed by atoms with van der Waals surface area (Å²) in [5.74, 6) is 0.803. The van der Waals surface area contributed by atoms with E-state index in [9.17, 15) is 4.79 Å². The smallest absolute Gasteiger partial charge is 0.415 e. The first-order valence-corrected chi connectivity index (χ1v) is 9.52. The van der Waals surface area contributed by atoms with Gasteiger partial charge in [0.2, 0.25) is 0 Å². The van der Waals surface area contributed by atoms with E-state index in [2.05, 4.69) is 22.0 Å². The van der Waals surface area contributed by atoms with E-state index < -0.39 is 5.60 Å². The summed E-state index contributed by atoms with van der Waals surface area (Å²) in [6.45, 7) is 5.67. The Morgan fingerprint density at radius 2 is 1.85 bits per heavy atom. The molecule has 0 spiro atoms. The third kappa shape index (κ3) is 4.04. The largest absolute Gasteiger partial charge is 0.497 e. The van der Waals surface area contributed by atoms with Gasteiger partial charge in [-0.15, -0.1) is 0 Å². The van der Waals surface area contributed by atoms with Gasteiger partial charge in [-0.05, 0) is 75.1 Å². The highest BCUT2D eigenvalue weighted by molar-refractivity contribution is 9.10. The van der Waals surface area contributed by atoms with E-state index in [1.54, 1.807) is 12.0 Å². The van der Waals surface area contributed by atoms with Crippen molar-refractivity contribution in [3.05, 3.63) is 58.1 Å². The number of halogens is 1. The lowest BCUT2D eigenvalue weighted by Crippen LogP contribution is -2.41. The zero-order chi connectivity index (χ0) is 18.9. The number of hydrogen-bond acceptors (Lipinski definition) is 3. The first-order chi connectivity index (χ1) is 12.3. The second-order valence-corrected chi connectivity index (χ2v) is 8.37. The van der Waals surface area contributed by atoms with Crippen molar-refractivity contribution in [3.8, 4) is 5.75 Å². The van der Waals surface area contributed by atoms with Crippen LogP contribution in [-0.2, 0) is 11.2 Å². The highest BCUT2D eigenvalue weighted by Gasteiger charge is 2.35. The molecule has 0 saturated carbocycles. The molecular weight excluding hydrogens is 394 g/mol. The molecule has 0 fully saturated rings. The monoisotopic (exact) mass is 417 g/mol. The van der Waals surface area contributed by atoms with E-state index in [-0.39, 0.29) is 12.1 Å². The standard InChI is InChI=1S/C21H24BrNO3/c1-21(2,3)26-20(24)23-18(14-5-9-17(25-4)10-6-14)11-7-15-13-16(22)8-12-19(15)23/h5-6,8-10,12-13,18H,7,11H2,1-4H3. The average molecular weight is 418 g/mol. The van der Waals surface area contributed by atoms with Gasteiger partial charge in [-0.1, -0.05) is 28.1 Å². The number of aryl methyl sites for hydroxylation is 1. The molecule has 3 rings (SSSR count). The number of nitrogens with zero attached hydrogens (tertiary/aromatic N) is 1. The van der Waals surface area contributed by atoms with Crippen molar-refractivity contribution in [1.82, 2.24) is 0 Å². The molecule has 0 bridgehead atoms. The van der Waals surface area contributed by atoms with Crippen LogP contribution in [0.3, 0.4) is 0 Å². The van der Waals surface area contributed by atoms with Gasteiger partial charge in [-0.25, -0.2) is 4.79 Å². The van der Waals surface area contributed by atoms with E-state index in [4.69, 9.17) is 9.47 Å². The molecule has 26 heavy (non-hydrogen) atoms. The SMILES string of the molecule is COc1ccc(C2CCc3cc(Br)ccc3N2C(=O)OC(C)(C)C)cc1. The Morgan fingerprint density at radius 1 is 1.15 bits per heavy atom. The van der Waals surface area contributed by atoms with Crippen molar-refractivity contribution < 1.29 is 14.3 Å². The maximum absolute atomic E-state index is 13.0. The first kappa shape index (κ1) is 18.8. The Morgan fingerprint density at radius 3 is 2.46 bits per heavy atom. The van der Waals surface area contributed by atoms with Gasteiger partial charge in [0, 0.05) is 4.47 Å². The van der Waals surface area contributed by atoms with Gasteiger partial charge >= 0.3 is 6.09 Å². The molecule has 1 aliphatic heterocycles. The fourth-order valence-electron chi connectivity index (χ4n) is 3.26. The zero-order valence-corrected chi connectivity index (χ0v) is 17.2. The second kappa shape index (κ2) is 7.31. The lowest BCUT2D eigenvalue weighted by molar-refractivity contribution is 0.0560. The summed E-state index contributed by atoms with van der Waals surface area (Å²) in [5, 5.41) is 0. The lowest BCUT2D eigenvalue weighted by Gasteiger charge is -2.38. The van der Waals surface area contributed by atoms with E-state index >= 15 is 0 Å². The topological polar surface area (TPSA) is 38.8 Å². The van der Waals surface area contributed by atoms with Gasteiger partial charge in [-0.3, -0.25) is 4.90 Å². The zero-order valence-electron chi connectivity index (χ0n) is 15.6. The van der Waals surface area contributed by atoms with Crippen LogP contribution in [0.4, 0.5) is 10.5 Å². The quantitative estimate of drug-likeness (QED) is 0.611. The molecule has 0 aliphatic carbocycles. The van der Waals surface area contributed by atoms with Crippen LogP contribution in [-0.4, -0.2) is 18.8 Å². The highest BCUT2D eigenvalue weighted by Crippen LogP contribution is 2.40. The first-order valence-electron chi connectivity index (χ1n) is 8.73. The van der Waals surface area contributed by atoms with Gasteiger partial charge in [0.05, 0.1) is 18.8 Å². The molecule has 0 N–H and O–H groups in total. The molecule has 0 radical (unpaired) electrons. The molecule has 5 heteroatoms. The van der Waals surface area contributed by atoms with Crippen molar-refractivity contribution in [2.45, 2.75) is 45.3 Å². The minimum absolute atomic E-state index is 0.0653. The summed E-state index contributed by atoms with van der Waals surface area (Å²) in [5.41, 5.74) is 2.59. The van der Waals surface area contributed by atoms with Crippen molar-refractivity contribution in [2.75, 3.05) is 12.0 Å². The van der Waals surface area contributed by atoms with Crippen LogP contribution in [0.15, 0.2) is 46.9 Å². The molecule has 0 aromatic heterocycles. The predicted molar refractivity (Wildman–Crippen MR) is 107 cm³/mol. The highest BCUT2D eigenvalue weighted by atomic mass is 79.9. The van der Waals surface area contributed by atoms with Crippen molar-refractivity contribution in [1.29, 1.82) is 0 Å². The van der Waals surface area contributed by atoms with Gasteiger partial charge in [0.25, 0.3) is 0 Å². The summed E-state index contributed by atoms with van der Waals surface area (Å²) in [6.07, 6.45) is 1.43. The van der Waals surface area contributed by atoms with Crippen LogP contribution in [0.25, 0.3) is 0 Å². The van der Waals surface area contributed by atoms with Crippen molar-refractivity contribution in [3.63, 3.8) is 0 Å². The van der Waals surface area contributed by atoms with Crippen LogP contribution in [0.5, 0.6) is 5.75 Å². The number of amides is 1. The van der Waals surface area contributed by atoms with Crippen LogP contribution >= 0.6 is 15.9 Å². The Kier molecular flexibility index (Phi) is 5.28. The number of anilines is 1. The van der Waals surface area contributed by atoms with Crippen LogP contribution in [0.1, 0.15) is 44.4 Å². The van der Waals surface area contributed by atoms with Crippen LogP contribution in [0, 0.1) is 0 Å². The molecule has 2 aromatic rings. The molecule has 1 aliphatic rings. The summed E-state index contributed by atoms with van der Waals surface area (Å²) in [7, 11) is 1.65. The number of rotatable bonds is 2. The van der Waals surface area contributed by atoms with Gasteiger partial charge in [-0.2, -0.15) is 0 Å². The summed E-state index contributed by atoms with van der Waals surface area (Å²) in [4.78, 5) is 14.8. The Hall–Kier alpha value is -2.01. The molecule has 1 heterocycles.